The predicted octanol–water partition coefficient (Wildman–Crippen LogP) is 5.38. The SMILES string of the molecule is CCn1c(Sc2nc(-c3ccsc3)nc3ccccc23)nnc1-c1ccco1. The lowest BCUT2D eigenvalue weighted by molar-refractivity contribution is 0.567. The number of fused-ring (bicyclic) bond motifs is 1. The van der Waals surface area contributed by atoms with Crippen molar-refractivity contribution in [1.82, 2.24) is 24.7 Å². The topological polar surface area (TPSA) is 69.6 Å². The van der Waals surface area contributed by atoms with Gasteiger partial charge in [0.25, 0.3) is 0 Å². The largest absolute Gasteiger partial charge is 0.461 e. The van der Waals surface area contributed by atoms with Gasteiger partial charge in [-0.15, -0.1) is 10.2 Å². The molecule has 0 amide bonds. The Hall–Kier alpha value is -2.97. The van der Waals surface area contributed by atoms with E-state index in [0.717, 1.165) is 39.0 Å². The van der Waals surface area contributed by atoms with Crippen molar-refractivity contribution in [3.8, 4) is 23.0 Å². The molecule has 0 fully saturated rings. The first-order valence-corrected chi connectivity index (χ1v) is 10.5. The van der Waals surface area contributed by atoms with Gasteiger partial charge in [0, 0.05) is 22.9 Å². The Balaban J connectivity index is 1.62. The van der Waals surface area contributed by atoms with Crippen molar-refractivity contribution >= 4 is 34.0 Å². The van der Waals surface area contributed by atoms with Crippen molar-refractivity contribution < 1.29 is 4.42 Å². The van der Waals surface area contributed by atoms with Crippen molar-refractivity contribution in [3.63, 3.8) is 0 Å². The number of nitrogens with zero attached hydrogens (tertiary/aromatic N) is 5. The van der Waals surface area contributed by atoms with Crippen molar-refractivity contribution in [2.24, 2.45) is 0 Å². The number of aromatic nitrogens is 5. The zero-order chi connectivity index (χ0) is 18.9. The summed E-state index contributed by atoms with van der Waals surface area (Å²) in [6, 6.07) is 13.8. The monoisotopic (exact) mass is 405 g/mol. The normalized spacial score (nSPS) is 11.3. The first-order chi connectivity index (χ1) is 13.8. The maximum Gasteiger partial charge on any atom is 0.200 e. The van der Waals surface area contributed by atoms with Crippen LogP contribution in [0.2, 0.25) is 0 Å². The molecular weight excluding hydrogens is 390 g/mol. The van der Waals surface area contributed by atoms with Crippen LogP contribution in [0.3, 0.4) is 0 Å². The molecule has 0 atom stereocenters. The van der Waals surface area contributed by atoms with Gasteiger partial charge in [-0.25, -0.2) is 9.97 Å². The molecule has 5 aromatic rings. The van der Waals surface area contributed by atoms with Crippen LogP contribution in [0.1, 0.15) is 6.92 Å². The molecular formula is C20H15N5OS2. The minimum absolute atomic E-state index is 0.702. The van der Waals surface area contributed by atoms with Gasteiger partial charge in [-0.2, -0.15) is 11.3 Å². The van der Waals surface area contributed by atoms with E-state index < -0.39 is 0 Å². The Morgan fingerprint density at radius 2 is 2.00 bits per heavy atom. The standard InChI is InChI=1S/C20H15N5OS2/c1-2-25-18(16-8-5-10-26-16)23-24-20(25)28-19-14-6-3-4-7-15(14)21-17(22-19)13-9-11-27-12-13/h3-12H,2H2,1H3. The van der Waals surface area contributed by atoms with Gasteiger partial charge in [-0.1, -0.05) is 18.2 Å². The highest BCUT2D eigenvalue weighted by molar-refractivity contribution is 7.99. The quantitative estimate of drug-likeness (QED) is 0.366. The maximum absolute atomic E-state index is 5.51. The van der Waals surface area contributed by atoms with E-state index in [2.05, 4.69) is 22.5 Å². The fraction of sp³-hybridized carbons (Fsp3) is 0.100. The summed E-state index contributed by atoms with van der Waals surface area (Å²) in [6.45, 7) is 2.79. The first kappa shape index (κ1) is 17.2. The summed E-state index contributed by atoms with van der Waals surface area (Å²) in [5.74, 6) is 2.13. The van der Waals surface area contributed by atoms with E-state index >= 15 is 0 Å². The van der Waals surface area contributed by atoms with Crippen LogP contribution in [0.4, 0.5) is 0 Å². The van der Waals surface area contributed by atoms with Crippen molar-refractivity contribution in [3.05, 3.63) is 59.5 Å². The average Bonchev–Trinajstić information content (AvgIpc) is 3.48. The molecule has 0 unspecified atom stereocenters. The molecule has 5 rings (SSSR count). The molecule has 138 valence electrons. The highest BCUT2D eigenvalue weighted by Crippen LogP contribution is 2.34. The second-order valence-electron chi connectivity index (χ2n) is 6.01. The molecule has 1 aromatic carbocycles. The molecule has 8 heteroatoms. The second kappa shape index (κ2) is 7.21. The van der Waals surface area contributed by atoms with E-state index in [9.17, 15) is 0 Å². The fourth-order valence-electron chi connectivity index (χ4n) is 2.97. The number of para-hydroxylation sites is 1. The van der Waals surface area contributed by atoms with E-state index in [1.165, 1.54) is 11.8 Å². The van der Waals surface area contributed by atoms with Crippen molar-refractivity contribution in [2.45, 2.75) is 23.7 Å². The van der Waals surface area contributed by atoms with Gasteiger partial charge < -0.3 is 4.42 Å². The fourth-order valence-corrected chi connectivity index (χ4v) is 4.60. The van der Waals surface area contributed by atoms with Crippen LogP contribution in [-0.4, -0.2) is 24.7 Å². The van der Waals surface area contributed by atoms with E-state index in [0.29, 0.717) is 11.6 Å². The number of rotatable bonds is 5. The van der Waals surface area contributed by atoms with Crippen LogP contribution in [0.25, 0.3) is 33.9 Å². The third kappa shape index (κ3) is 3.00. The summed E-state index contributed by atoms with van der Waals surface area (Å²) in [7, 11) is 0. The van der Waals surface area contributed by atoms with Gasteiger partial charge >= 0.3 is 0 Å². The van der Waals surface area contributed by atoms with Crippen molar-refractivity contribution in [2.75, 3.05) is 0 Å². The summed E-state index contributed by atoms with van der Waals surface area (Å²) < 4.78 is 7.54. The van der Waals surface area contributed by atoms with Crippen molar-refractivity contribution in [1.29, 1.82) is 0 Å². The minimum Gasteiger partial charge on any atom is -0.461 e. The Morgan fingerprint density at radius 1 is 1.07 bits per heavy atom. The predicted molar refractivity (Wildman–Crippen MR) is 110 cm³/mol. The molecule has 28 heavy (non-hydrogen) atoms. The Morgan fingerprint density at radius 3 is 2.79 bits per heavy atom. The van der Waals surface area contributed by atoms with Crippen LogP contribution in [-0.2, 0) is 6.54 Å². The Bertz CT molecular complexity index is 1230. The lowest BCUT2D eigenvalue weighted by atomic mass is 10.2. The molecule has 0 bridgehead atoms. The second-order valence-corrected chi connectivity index (χ2v) is 7.75. The number of hydrogen-bond donors (Lipinski definition) is 0. The summed E-state index contributed by atoms with van der Waals surface area (Å²) >= 11 is 3.13. The van der Waals surface area contributed by atoms with Crippen LogP contribution < -0.4 is 0 Å². The van der Waals surface area contributed by atoms with E-state index in [4.69, 9.17) is 14.4 Å². The third-order valence-electron chi connectivity index (χ3n) is 4.31. The molecule has 0 spiro atoms. The Labute approximate surface area is 169 Å². The highest BCUT2D eigenvalue weighted by Gasteiger charge is 2.18. The molecule has 0 saturated carbocycles. The molecule has 4 heterocycles. The van der Waals surface area contributed by atoms with Gasteiger partial charge in [-0.3, -0.25) is 4.57 Å². The van der Waals surface area contributed by atoms with Crippen LogP contribution in [0.15, 0.2) is 74.1 Å². The summed E-state index contributed by atoms with van der Waals surface area (Å²) in [5, 5.41) is 15.4. The van der Waals surface area contributed by atoms with Gasteiger partial charge in [0.1, 0.15) is 5.03 Å². The van der Waals surface area contributed by atoms with Gasteiger partial charge in [-0.05, 0) is 48.3 Å². The van der Waals surface area contributed by atoms with Crippen LogP contribution in [0, 0.1) is 0 Å². The highest BCUT2D eigenvalue weighted by atomic mass is 32.2. The molecule has 6 nitrogen and oxygen atoms in total. The van der Waals surface area contributed by atoms with Crippen LogP contribution >= 0.6 is 23.1 Å². The average molecular weight is 406 g/mol. The van der Waals surface area contributed by atoms with E-state index in [1.807, 2.05) is 52.4 Å². The summed E-state index contributed by atoms with van der Waals surface area (Å²) in [6.07, 6.45) is 1.64. The molecule has 0 aliphatic carbocycles. The molecule has 0 N–H and O–H groups in total. The van der Waals surface area contributed by atoms with E-state index in [-0.39, 0.29) is 0 Å². The zero-order valence-corrected chi connectivity index (χ0v) is 16.6. The first-order valence-electron chi connectivity index (χ1n) is 8.78. The van der Waals surface area contributed by atoms with E-state index in [1.54, 1.807) is 17.6 Å². The molecule has 0 aliphatic heterocycles. The number of benzene rings is 1. The van der Waals surface area contributed by atoms with Crippen LogP contribution in [0.5, 0.6) is 0 Å². The lowest BCUT2D eigenvalue weighted by Crippen LogP contribution is -2.00. The van der Waals surface area contributed by atoms with Gasteiger partial charge in [0.15, 0.2) is 22.6 Å². The number of furan rings is 1. The molecule has 0 radical (unpaired) electrons. The maximum atomic E-state index is 5.51. The number of hydrogen-bond acceptors (Lipinski definition) is 7. The Kier molecular flexibility index (Phi) is 4.42. The molecule has 0 saturated heterocycles. The molecule has 4 aromatic heterocycles. The van der Waals surface area contributed by atoms with Gasteiger partial charge in [0.05, 0.1) is 11.8 Å². The third-order valence-corrected chi connectivity index (χ3v) is 5.98. The zero-order valence-electron chi connectivity index (χ0n) is 14.9. The summed E-state index contributed by atoms with van der Waals surface area (Å²) in [4.78, 5) is 9.57. The molecule has 0 aliphatic rings. The lowest BCUT2D eigenvalue weighted by Gasteiger charge is -2.09. The minimum atomic E-state index is 0.702. The number of thiophene rings is 1. The smallest absolute Gasteiger partial charge is 0.200 e. The van der Waals surface area contributed by atoms with Gasteiger partial charge in [0.2, 0.25) is 0 Å². The summed E-state index contributed by atoms with van der Waals surface area (Å²) in [5.41, 5.74) is 1.93.